The second-order valence-electron chi connectivity index (χ2n) is 9.38. The van der Waals surface area contributed by atoms with E-state index in [2.05, 4.69) is 10.6 Å². The zero-order chi connectivity index (χ0) is 25.3. The van der Waals surface area contributed by atoms with E-state index in [0.717, 1.165) is 58.0 Å². The number of fused-ring (bicyclic) bond motifs is 1. The highest BCUT2D eigenvalue weighted by atomic mass is 35.5. The molecule has 1 atom stereocenters. The first-order valence-electron chi connectivity index (χ1n) is 12.0. The minimum atomic E-state index is -0.700. The summed E-state index contributed by atoms with van der Waals surface area (Å²) in [5.41, 5.74) is 3.60. The monoisotopic (exact) mass is 512 g/mol. The van der Waals surface area contributed by atoms with Crippen LogP contribution in [0, 0.1) is 24.7 Å². The number of amidine groups is 2. The third-order valence-electron chi connectivity index (χ3n) is 6.98. The molecule has 0 radical (unpaired) electrons. The highest BCUT2D eigenvalue weighted by Crippen LogP contribution is 2.40. The van der Waals surface area contributed by atoms with E-state index in [1.54, 1.807) is 23.2 Å². The number of rotatable bonds is 5. The summed E-state index contributed by atoms with van der Waals surface area (Å²) in [6.07, 6.45) is 4.04. The van der Waals surface area contributed by atoms with Gasteiger partial charge in [-0.25, -0.2) is 0 Å². The number of benzene rings is 1. The van der Waals surface area contributed by atoms with Gasteiger partial charge in [-0.2, -0.15) is 0 Å². The van der Waals surface area contributed by atoms with Crippen molar-refractivity contribution in [3.63, 3.8) is 0 Å². The van der Waals surface area contributed by atoms with E-state index in [4.69, 9.17) is 27.4 Å². The molecule has 1 saturated carbocycles. The predicted molar refractivity (Wildman–Crippen MR) is 146 cm³/mol. The van der Waals surface area contributed by atoms with Crippen LogP contribution in [-0.4, -0.2) is 48.5 Å². The second kappa shape index (κ2) is 10.6. The first-order chi connectivity index (χ1) is 16.7. The molecular formula is C26H33ClN6OS. The molecule has 1 aromatic carbocycles. The number of halogens is 1. The SMILES string of the molecule is CNC1CCC(NC(=O)CC2N=C(c3ccc(Cl)cc3)c3c(sc(C)c3C)N(C(C)=N)C2=N)CC1. The lowest BCUT2D eigenvalue weighted by atomic mass is 9.91. The Morgan fingerprint density at radius 2 is 1.80 bits per heavy atom. The zero-order valence-electron chi connectivity index (χ0n) is 20.7. The van der Waals surface area contributed by atoms with Crippen LogP contribution in [0.4, 0.5) is 5.00 Å². The van der Waals surface area contributed by atoms with E-state index >= 15 is 0 Å². The number of carbonyl (C=O) groups excluding carboxylic acids is 1. The number of carbonyl (C=O) groups is 1. The summed E-state index contributed by atoms with van der Waals surface area (Å²) in [5.74, 6) is 0.284. The van der Waals surface area contributed by atoms with Gasteiger partial charge in [0.25, 0.3) is 0 Å². The number of hydrogen-bond acceptors (Lipinski definition) is 6. The van der Waals surface area contributed by atoms with Crippen molar-refractivity contribution in [3.05, 3.63) is 50.9 Å². The topological polar surface area (TPSA) is 104 Å². The van der Waals surface area contributed by atoms with Crippen LogP contribution in [0.25, 0.3) is 0 Å². The number of thiophene rings is 1. The van der Waals surface area contributed by atoms with Crippen LogP contribution in [-0.2, 0) is 4.79 Å². The molecule has 186 valence electrons. The smallest absolute Gasteiger partial charge is 0.222 e. The number of amides is 1. The molecule has 7 nitrogen and oxygen atoms in total. The molecule has 0 bridgehead atoms. The van der Waals surface area contributed by atoms with Crippen LogP contribution < -0.4 is 15.5 Å². The van der Waals surface area contributed by atoms with Crippen molar-refractivity contribution < 1.29 is 4.79 Å². The standard InChI is InChI=1S/C26H33ClN6OS/c1-14-15(2)35-26-23(14)24(17-5-7-18(27)8-6-17)32-21(25(29)33(26)16(3)28)13-22(34)31-20-11-9-19(30-4)10-12-20/h5-8,19-21,28-30H,9-13H2,1-4H3,(H,31,34). The van der Waals surface area contributed by atoms with Crippen molar-refractivity contribution in [2.45, 2.75) is 71.0 Å². The van der Waals surface area contributed by atoms with Crippen LogP contribution in [0.2, 0.25) is 5.02 Å². The largest absolute Gasteiger partial charge is 0.353 e. The highest BCUT2D eigenvalue weighted by molar-refractivity contribution is 7.17. The fourth-order valence-corrected chi connectivity index (χ4v) is 6.23. The lowest BCUT2D eigenvalue weighted by Gasteiger charge is -2.29. The number of aliphatic imine (C=N–C) groups is 1. The lowest BCUT2D eigenvalue weighted by Crippen LogP contribution is -2.45. The first kappa shape index (κ1) is 25.5. The van der Waals surface area contributed by atoms with Crippen molar-refractivity contribution in [3.8, 4) is 0 Å². The zero-order valence-corrected chi connectivity index (χ0v) is 22.2. The summed E-state index contributed by atoms with van der Waals surface area (Å²) < 4.78 is 0. The Morgan fingerprint density at radius 3 is 2.40 bits per heavy atom. The van der Waals surface area contributed by atoms with Crippen molar-refractivity contribution in [1.82, 2.24) is 10.6 Å². The average Bonchev–Trinajstić information content (AvgIpc) is 3.04. The molecule has 0 saturated heterocycles. The maximum absolute atomic E-state index is 13.1. The molecular weight excluding hydrogens is 480 g/mol. The molecule has 2 heterocycles. The summed E-state index contributed by atoms with van der Waals surface area (Å²) in [5, 5.41) is 25.4. The fraction of sp³-hybridized carbons (Fsp3) is 0.462. The van der Waals surface area contributed by atoms with Crippen molar-refractivity contribution >= 4 is 51.2 Å². The number of nitrogens with zero attached hydrogens (tertiary/aromatic N) is 2. The molecule has 1 aliphatic carbocycles. The Bertz CT molecular complexity index is 1160. The first-order valence-corrected chi connectivity index (χ1v) is 13.2. The molecule has 0 spiro atoms. The Morgan fingerprint density at radius 1 is 1.17 bits per heavy atom. The molecule has 1 aromatic heterocycles. The predicted octanol–water partition coefficient (Wildman–Crippen LogP) is 5.06. The van der Waals surface area contributed by atoms with Gasteiger partial charge in [-0.3, -0.25) is 25.5 Å². The Kier molecular flexibility index (Phi) is 7.73. The Hall–Kier alpha value is -2.55. The summed E-state index contributed by atoms with van der Waals surface area (Å²) in [4.78, 5) is 20.9. The number of nitrogens with one attached hydrogen (secondary N) is 4. The van der Waals surface area contributed by atoms with Gasteiger partial charge in [-0.05, 0) is 71.2 Å². The molecule has 4 N–H and O–H groups in total. The van der Waals surface area contributed by atoms with Crippen LogP contribution in [0.15, 0.2) is 29.3 Å². The molecule has 1 aliphatic heterocycles. The van der Waals surface area contributed by atoms with E-state index in [1.165, 1.54) is 0 Å². The van der Waals surface area contributed by atoms with Crippen LogP contribution in [0.1, 0.15) is 60.6 Å². The van der Waals surface area contributed by atoms with Crippen molar-refractivity contribution in [1.29, 1.82) is 10.8 Å². The minimum absolute atomic E-state index is 0.0681. The van der Waals surface area contributed by atoms with E-state index in [9.17, 15) is 4.79 Å². The normalized spacial score (nSPS) is 22.3. The van der Waals surface area contributed by atoms with Gasteiger partial charge in [0.15, 0.2) is 0 Å². The molecule has 1 amide bonds. The third-order valence-corrected chi connectivity index (χ3v) is 8.42. The molecule has 1 unspecified atom stereocenters. The maximum atomic E-state index is 13.1. The van der Waals surface area contributed by atoms with Crippen LogP contribution in [0.3, 0.4) is 0 Å². The van der Waals surface area contributed by atoms with Gasteiger partial charge in [0, 0.05) is 33.1 Å². The summed E-state index contributed by atoms with van der Waals surface area (Å²) >= 11 is 7.70. The van der Waals surface area contributed by atoms with Gasteiger partial charge in [0.2, 0.25) is 5.91 Å². The van der Waals surface area contributed by atoms with Gasteiger partial charge in [0.05, 0.1) is 12.1 Å². The van der Waals surface area contributed by atoms with Crippen LogP contribution in [0.5, 0.6) is 0 Å². The third kappa shape index (κ3) is 5.34. The number of anilines is 1. The van der Waals surface area contributed by atoms with E-state index in [-0.39, 0.29) is 30.0 Å². The van der Waals surface area contributed by atoms with Gasteiger partial charge in [-0.15, -0.1) is 11.3 Å². The quantitative estimate of drug-likeness (QED) is 0.332. The summed E-state index contributed by atoms with van der Waals surface area (Å²) in [7, 11) is 1.98. The van der Waals surface area contributed by atoms with Gasteiger partial charge >= 0.3 is 0 Å². The Labute approximate surface area is 216 Å². The lowest BCUT2D eigenvalue weighted by molar-refractivity contribution is -0.122. The highest BCUT2D eigenvalue weighted by Gasteiger charge is 2.35. The van der Waals surface area contributed by atoms with Crippen molar-refractivity contribution in [2.75, 3.05) is 11.9 Å². The van der Waals surface area contributed by atoms with Crippen LogP contribution >= 0.6 is 22.9 Å². The van der Waals surface area contributed by atoms with E-state index < -0.39 is 6.04 Å². The number of aryl methyl sites for hydroxylation is 1. The van der Waals surface area contributed by atoms with Gasteiger partial charge in [-0.1, -0.05) is 23.7 Å². The molecule has 9 heteroatoms. The minimum Gasteiger partial charge on any atom is -0.353 e. The average molecular weight is 513 g/mol. The van der Waals surface area contributed by atoms with E-state index in [1.807, 2.05) is 45.2 Å². The summed E-state index contributed by atoms with van der Waals surface area (Å²) in [6, 6.07) is 7.46. The molecule has 4 rings (SSSR count). The van der Waals surface area contributed by atoms with E-state index in [0.29, 0.717) is 11.1 Å². The van der Waals surface area contributed by atoms with Gasteiger partial charge < -0.3 is 10.6 Å². The number of hydrogen-bond donors (Lipinski definition) is 4. The molecule has 2 aliphatic rings. The Balaban J connectivity index is 1.69. The van der Waals surface area contributed by atoms with Gasteiger partial charge in [0.1, 0.15) is 22.7 Å². The maximum Gasteiger partial charge on any atom is 0.222 e. The van der Waals surface area contributed by atoms with Crippen molar-refractivity contribution in [2.24, 2.45) is 4.99 Å². The molecule has 35 heavy (non-hydrogen) atoms. The fourth-order valence-electron chi connectivity index (χ4n) is 4.88. The molecule has 1 fully saturated rings. The second-order valence-corrected chi connectivity index (χ2v) is 11.0. The summed E-state index contributed by atoms with van der Waals surface area (Å²) in [6.45, 7) is 5.77. The molecule has 2 aromatic rings.